The molecule has 0 atom stereocenters. The van der Waals surface area contributed by atoms with Crippen molar-refractivity contribution in [3.05, 3.63) is 88.7 Å². The number of nitrogens with zero attached hydrogens (tertiary/aromatic N) is 2. The van der Waals surface area contributed by atoms with Crippen molar-refractivity contribution in [2.75, 3.05) is 6.54 Å². The highest BCUT2D eigenvalue weighted by Crippen LogP contribution is 2.24. The lowest BCUT2D eigenvalue weighted by Crippen LogP contribution is -2.30. The Bertz CT molecular complexity index is 890. The average molecular weight is 390 g/mol. The Morgan fingerprint density at radius 1 is 0.966 bits per heavy atom. The van der Waals surface area contributed by atoms with Gasteiger partial charge in [0, 0.05) is 30.3 Å². The van der Waals surface area contributed by atoms with E-state index in [9.17, 15) is 4.79 Å². The molecule has 0 bridgehead atoms. The summed E-state index contributed by atoms with van der Waals surface area (Å²) in [4.78, 5) is 12.8. The van der Waals surface area contributed by atoms with E-state index < -0.39 is 0 Å². The molecule has 152 valence electrons. The molecular weight excluding hydrogens is 358 g/mol. The lowest BCUT2D eigenvalue weighted by Gasteiger charge is -2.19. The Morgan fingerprint density at radius 2 is 1.52 bits per heavy atom. The van der Waals surface area contributed by atoms with Crippen molar-refractivity contribution in [2.24, 2.45) is 5.92 Å². The van der Waals surface area contributed by atoms with E-state index in [1.807, 2.05) is 48.0 Å². The fourth-order valence-corrected chi connectivity index (χ4v) is 3.75. The van der Waals surface area contributed by atoms with Crippen LogP contribution >= 0.6 is 0 Å². The molecule has 1 amide bonds. The first-order chi connectivity index (χ1) is 14.0. The lowest BCUT2D eigenvalue weighted by molar-refractivity contribution is -0.120. The normalized spacial score (nSPS) is 11.2. The summed E-state index contributed by atoms with van der Waals surface area (Å²) >= 11 is 0. The highest BCUT2D eigenvalue weighted by Gasteiger charge is 2.18. The number of aryl methyl sites for hydroxylation is 1. The topological polar surface area (TPSA) is 46.9 Å². The minimum Gasteiger partial charge on any atom is -0.355 e. The van der Waals surface area contributed by atoms with Gasteiger partial charge in [0.25, 0.3) is 0 Å². The maximum Gasteiger partial charge on any atom is 0.224 e. The van der Waals surface area contributed by atoms with Gasteiger partial charge in [-0.25, -0.2) is 0 Å². The fourth-order valence-electron chi connectivity index (χ4n) is 3.75. The highest BCUT2D eigenvalue weighted by atomic mass is 16.1. The monoisotopic (exact) mass is 389 g/mol. The summed E-state index contributed by atoms with van der Waals surface area (Å²) in [6.45, 7) is 9.85. The quantitative estimate of drug-likeness (QED) is 0.610. The number of rotatable bonds is 8. The molecule has 0 radical (unpaired) electrons. The molecule has 4 heteroatoms. The molecule has 0 aliphatic carbocycles. The maximum atomic E-state index is 12.8. The summed E-state index contributed by atoms with van der Waals surface area (Å²) < 4.78 is 2.03. The number of hydrogen-bond acceptors (Lipinski definition) is 2. The van der Waals surface area contributed by atoms with Crippen LogP contribution in [0.3, 0.4) is 0 Å². The zero-order valence-corrected chi connectivity index (χ0v) is 17.9. The van der Waals surface area contributed by atoms with E-state index in [0.29, 0.717) is 18.9 Å². The molecule has 1 heterocycles. The number of benzene rings is 2. The maximum absolute atomic E-state index is 12.8. The molecule has 2 aromatic carbocycles. The molecule has 0 saturated heterocycles. The molecule has 0 aliphatic heterocycles. The zero-order chi connectivity index (χ0) is 20.8. The van der Waals surface area contributed by atoms with Crippen molar-refractivity contribution in [3.63, 3.8) is 0 Å². The number of carbonyl (C=O) groups excluding carboxylic acids is 1. The summed E-state index contributed by atoms with van der Waals surface area (Å²) in [6, 6.07) is 20.7. The Kier molecular flexibility index (Phi) is 6.86. The van der Waals surface area contributed by atoms with Gasteiger partial charge in [0.15, 0.2) is 0 Å². The van der Waals surface area contributed by atoms with Crippen LogP contribution in [0.4, 0.5) is 0 Å². The molecule has 0 unspecified atom stereocenters. The summed E-state index contributed by atoms with van der Waals surface area (Å²) in [5.41, 5.74) is 5.49. The minimum atomic E-state index is 0.0390. The van der Waals surface area contributed by atoms with Gasteiger partial charge in [-0.1, -0.05) is 74.5 Å². The smallest absolute Gasteiger partial charge is 0.224 e. The van der Waals surface area contributed by atoms with Crippen molar-refractivity contribution in [2.45, 2.75) is 46.6 Å². The molecule has 1 N–H and O–H groups in total. The van der Waals surface area contributed by atoms with Gasteiger partial charge in [-0.05, 0) is 30.9 Å². The molecule has 0 aliphatic rings. The van der Waals surface area contributed by atoms with E-state index in [4.69, 9.17) is 0 Å². The van der Waals surface area contributed by atoms with Crippen molar-refractivity contribution in [1.29, 1.82) is 0 Å². The highest BCUT2D eigenvalue weighted by molar-refractivity contribution is 5.79. The van der Waals surface area contributed by atoms with Crippen LogP contribution in [0.15, 0.2) is 60.7 Å². The molecule has 0 fully saturated rings. The molecule has 1 aromatic heterocycles. The van der Waals surface area contributed by atoms with E-state index in [1.165, 1.54) is 11.1 Å². The van der Waals surface area contributed by atoms with Gasteiger partial charge in [0.2, 0.25) is 5.91 Å². The van der Waals surface area contributed by atoms with Gasteiger partial charge >= 0.3 is 0 Å². The summed E-state index contributed by atoms with van der Waals surface area (Å²) in [6.07, 6.45) is 0.367. The van der Waals surface area contributed by atoms with Crippen LogP contribution in [0.2, 0.25) is 0 Å². The lowest BCUT2D eigenvalue weighted by atomic mass is 9.91. The summed E-state index contributed by atoms with van der Waals surface area (Å²) in [5.74, 6) is 0.691. The fraction of sp³-hybridized carbons (Fsp3) is 0.360. The van der Waals surface area contributed by atoms with Gasteiger partial charge in [0.05, 0.1) is 12.1 Å². The second-order valence-electron chi connectivity index (χ2n) is 8.08. The first-order valence-corrected chi connectivity index (χ1v) is 10.3. The predicted molar refractivity (Wildman–Crippen MR) is 118 cm³/mol. The van der Waals surface area contributed by atoms with Crippen molar-refractivity contribution >= 4 is 5.91 Å². The minimum absolute atomic E-state index is 0.0390. The summed E-state index contributed by atoms with van der Waals surface area (Å²) in [5, 5.41) is 7.79. The average Bonchev–Trinajstić information content (AvgIpc) is 2.96. The Hall–Kier alpha value is -2.88. The Balaban J connectivity index is 1.71. The largest absolute Gasteiger partial charge is 0.355 e. The van der Waals surface area contributed by atoms with Crippen LogP contribution in [-0.2, 0) is 17.8 Å². The van der Waals surface area contributed by atoms with E-state index in [0.717, 1.165) is 23.5 Å². The van der Waals surface area contributed by atoms with E-state index >= 15 is 0 Å². The first kappa shape index (κ1) is 20.8. The third-order valence-electron chi connectivity index (χ3n) is 5.31. The number of aromatic nitrogens is 2. The van der Waals surface area contributed by atoms with Crippen LogP contribution in [0.1, 0.15) is 47.8 Å². The molecule has 3 rings (SSSR count). The van der Waals surface area contributed by atoms with Gasteiger partial charge in [-0.2, -0.15) is 5.10 Å². The predicted octanol–water partition coefficient (Wildman–Crippen LogP) is 4.65. The van der Waals surface area contributed by atoms with Gasteiger partial charge in [-0.3, -0.25) is 9.48 Å². The van der Waals surface area contributed by atoms with Crippen molar-refractivity contribution in [3.8, 4) is 0 Å². The molecular formula is C25H31N3O. The van der Waals surface area contributed by atoms with Crippen molar-refractivity contribution < 1.29 is 4.79 Å². The second-order valence-corrected chi connectivity index (χ2v) is 8.08. The van der Waals surface area contributed by atoms with Crippen LogP contribution in [0, 0.1) is 19.8 Å². The summed E-state index contributed by atoms with van der Waals surface area (Å²) in [7, 11) is 0. The SMILES string of the molecule is Cc1nn(CC(C)C)c(C)c1CC(=O)NCC(c1ccccc1)c1ccccc1. The van der Waals surface area contributed by atoms with Gasteiger partial charge in [-0.15, -0.1) is 0 Å². The van der Waals surface area contributed by atoms with E-state index in [-0.39, 0.29) is 11.8 Å². The molecule has 0 saturated carbocycles. The molecule has 3 aromatic rings. The van der Waals surface area contributed by atoms with E-state index in [1.54, 1.807) is 0 Å². The third-order valence-corrected chi connectivity index (χ3v) is 5.31. The van der Waals surface area contributed by atoms with Crippen LogP contribution in [0.25, 0.3) is 0 Å². The van der Waals surface area contributed by atoms with Gasteiger partial charge in [0.1, 0.15) is 0 Å². The van der Waals surface area contributed by atoms with E-state index in [2.05, 4.69) is 55.5 Å². The van der Waals surface area contributed by atoms with Gasteiger partial charge < -0.3 is 5.32 Å². The molecule has 4 nitrogen and oxygen atoms in total. The second kappa shape index (κ2) is 9.55. The Labute approximate surface area is 174 Å². The number of hydrogen-bond donors (Lipinski definition) is 1. The van der Waals surface area contributed by atoms with Crippen LogP contribution < -0.4 is 5.32 Å². The number of nitrogens with one attached hydrogen (secondary N) is 1. The van der Waals surface area contributed by atoms with Crippen molar-refractivity contribution in [1.82, 2.24) is 15.1 Å². The third kappa shape index (κ3) is 5.35. The Morgan fingerprint density at radius 3 is 2.03 bits per heavy atom. The zero-order valence-electron chi connectivity index (χ0n) is 17.9. The molecule has 29 heavy (non-hydrogen) atoms. The standard InChI is InChI=1S/C25H31N3O/c1-18(2)17-28-20(4)23(19(3)27-28)15-25(29)26-16-24(21-11-7-5-8-12-21)22-13-9-6-10-14-22/h5-14,18,24H,15-17H2,1-4H3,(H,26,29). The molecule has 0 spiro atoms. The van der Waals surface area contributed by atoms with Crippen LogP contribution in [0.5, 0.6) is 0 Å². The number of amides is 1. The first-order valence-electron chi connectivity index (χ1n) is 10.3. The van der Waals surface area contributed by atoms with Crippen LogP contribution in [-0.4, -0.2) is 22.2 Å². The number of carbonyl (C=O) groups is 1.